The normalized spacial score (nSPS) is 21.6. The number of aryl methyl sites for hydroxylation is 1. The van der Waals surface area contributed by atoms with Gasteiger partial charge < -0.3 is 9.84 Å². The molecule has 2 saturated carbocycles. The maximum absolute atomic E-state index is 10.2. The Labute approximate surface area is 115 Å². The molecule has 1 aromatic carbocycles. The number of hydrogen-bond acceptors (Lipinski definition) is 2. The zero-order valence-electron chi connectivity index (χ0n) is 12.0. The molecule has 0 spiro atoms. The molecule has 0 unspecified atom stereocenters. The first-order valence-corrected chi connectivity index (χ1v) is 7.55. The third kappa shape index (κ3) is 2.79. The van der Waals surface area contributed by atoms with Gasteiger partial charge in [-0.15, -0.1) is 0 Å². The summed E-state index contributed by atoms with van der Waals surface area (Å²) in [6.45, 7) is 4.27. The lowest BCUT2D eigenvalue weighted by Gasteiger charge is -2.21. The van der Waals surface area contributed by atoms with Crippen molar-refractivity contribution >= 4 is 0 Å². The molecular weight excluding hydrogens is 236 g/mol. The molecule has 19 heavy (non-hydrogen) atoms. The molecule has 0 bridgehead atoms. The van der Waals surface area contributed by atoms with E-state index in [4.69, 9.17) is 4.74 Å². The maximum Gasteiger partial charge on any atom is 0.126 e. The summed E-state index contributed by atoms with van der Waals surface area (Å²) in [4.78, 5) is 0. The Hall–Kier alpha value is -1.02. The number of hydrogen-bond donors (Lipinski definition) is 1. The molecule has 104 valence electrons. The van der Waals surface area contributed by atoms with Gasteiger partial charge in [0, 0.05) is 6.42 Å². The van der Waals surface area contributed by atoms with E-state index in [-0.39, 0.29) is 0 Å². The summed E-state index contributed by atoms with van der Waals surface area (Å²) in [7, 11) is 0. The Morgan fingerprint density at radius 3 is 2.53 bits per heavy atom. The van der Waals surface area contributed by atoms with Crippen LogP contribution in [0.2, 0.25) is 0 Å². The van der Waals surface area contributed by atoms with Crippen molar-refractivity contribution in [3.05, 3.63) is 28.8 Å². The minimum atomic E-state index is -0.449. The van der Waals surface area contributed by atoms with E-state index in [1.165, 1.54) is 42.4 Å². The largest absolute Gasteiger partial charge is 0.490 e. The molecular formula is C17H24O2. The molecule has 0 heterocycles. The smallest absolute Gasteiger partial charge is 0.126 e. The minimum Gasteiger partial charge on any atom is -0.490 e. The molecule has 3 rings (SSSR count). The van der Waals surface area contributed by atoms with Gasteiger partial charge in [0.25, 0.3) is 0 Å². The number of benzene rings is 1. The van der Waals surface area contributed by atoms with E-state index in [2.05, 4.69) is 26.0 Å². The highest BCUT2D eigenvalue weighted by molar-refractivity contribution is 5.46. The van der Waals surface area contributed by atoms with Gasteiger partial charge in [0.2, 0.25) is 0 Å². The van der Waals surface area contributed by atoms with Crippen molar-refractivity contribution in [3.63, 3.8) is 0 Å². The van der Waals surface area contributed by atoms with Gasteiger partial charge in [-0.2, -0.15) is 0 Å². The molecule has 2 aliphatic rings. The molecule has 0 amide bonds. The fourth-order valence-corrected chi connectivity index (χ4v) is 3.00. The highest BCUT2D eigenvalue weighted by Gasteiger charge is 2.41. The highest BCUT2D eigenvalue weighted by Crippen LogP contribution is 2.41. The summed E-state index contributed by atoms with van der Waals surface area (Å²) in [5, 5.41) is 10.2. The topological polar surface area (TPSA) is 29.5 Å². The van der Waals surface area contributed by atoms with Gasteiger partial charge in [-0.05, 0) is 69.1 Å². The van der Waals surface area contributed by atoms with Gasteiger partial charge in [0.1, 0.15) is 5.75 Å². The van der Waals surface area contributed by atoms with Gasteiger partial charge in [0.05, 0.1) is 11.7 Å². The zero-order valence-corrected chi connectivity index (χ0v) is 12.0. The standard InChI is InChI=1S/C17H24O2/c1-12-7-8-14(11-17(18)9-10-17)16(13(12)2)19-15-5-3-4-6-15/h7-8,15,18H,3-6,9-11H2,1-2H3. The SMILES string of the molecule is Cc1ccc(CC2(O)CC2)c(OC2CCCC2)c1C. The number of rotatable bonds is 4. The van der Waals surface area contributed by atoms with Crippen LogP contribution in [-0.4, -0.2) is 16.8 Å². The summed E-state index contributed by atoms with van der Waals surface area (Å²) < 4.78 is 6.28. The van der Waals surface area contributed by atoms with Crippen LogP contribution in [-0.2, 0) is 6.42 Å². The van der Waals surface area contributed by atoms with Crippen LogP contribution >= 0.6 is 0 Å². The predicted octanol–water partition coefficient (Wildman–Crippen LogP) is 3.69. The van der Waals surface area contributed by atoms with Gasteiger partial charge in [-0.25, -0.2) is 0 Å². The van der Waals surface area contributed by atoms with Crippen molar-refractivity contribution in [3.8, 4) is 5.75 Å². The summed E-state index contributed by atoms with van der Waals surface area (Å²) in [5.41, 5.74) is 3.26. The summed E-state index contributed by atoms with van der Waals surface area (Å²) in [6.07, 6.45) is 7.92. The molecule has 0 atom stereocenters. The Kier molecular flexibility index (Phi) is 3.30. The second-order valence-corrected chi connectivity index (χ2v) is 6.42. The zero-order chi connectivity index (χ0) is 13.5. The van der Waals surface area contributed by atoms with E-state index in [1.54, 1.807) is 0 Å². The van der Waals surface area contributed by atoms with Crippen molar-refractivity contribution in [1.82, 2.24) is 0 Å². The first kappa shape index (κ1) is 13.0. The van der Waals surface area contributed by atoms with E-state index >= 15 is 0 Å². The molecule has 0 saturated heterocycles. The lowest BCUT2D eigenvalue weighted by atomic mass is 9.99. The lowest BCUT2D eigenvalue weighted by molar-refractivity contribution is 0.147. The number of aliphatic hydroxyl groups is 1. The Bertz CT molecular complexity index is 468. The van der Waals surface area contributed by atoms with Gasteiger partial charge in [0.15, 0.2) is 0 Å². The molecule has 0 aromatic heterocycles. The minimum absolute atomic E-state index is 0.382. The fraction of sp³-hybridized carbons (Fsp3) is 0.647. The third-order valence-electron chi connectivity index (χ3n) is 4.69. The Morgan fingerprint density at radius 2 is 1.89 bits per heavy atom. The molecule has 0 aliphatic heterocycles. The van der Waals surface area contributed by atoms with Crippen LogP contribution in [0.5, 0.6) is 5.75 Å². The molecule has 2 heteroatoms. The molecule has 2 aliphatic carbocycles. The van der Waals surface area contributed by atoms with Gasteiger partial charge in [-0.1, -0.05) is 12.1 Å². The first-order valence-electron chi connectivity index (χ1n) is 7.55. The maximum atomic E-state index is 10.2. The molecule has 1 N–H and O–H groups in total. The fourth-order valence-electron chi connectivity index (χ4n) is 3.00. The predicted molar refractivity (Wildman–Crippen MR) is 76.7 cm³/mol. The van der Waals surface area contributed by atoms with Crippen LogP contribution in [0.25, 0.3) is 0 Å². The van der Waals surface area contributed by atoms with Crippen LogP contribution in [0.3, 0.4) is 0 Å². The van der Waals surface area contributed by atoms with Gasteiger partial charge >= 0.3 is 0 Å². The summed E-state index contributed by atoms with van der Waals surface area (Å²) in [6, 6.07) is 4.29. The van der Waals surface area contributed by atoms with E-state index < -0.39 is 5.60 Å². The van der Waals surface area contributed by atoms with Crippen molar-refractivity contribution in [1.29, 1.82) is 0 Å². The van der Waals surface area contributed by atoms with Crippen LogP contribution in [0.15, 0.2) is 12.1 Å². The van der Waals surface area contributed by atoms with Crippen LogP contribution < -0.4 is 4.74 Å². The van der Waals surface area contributed by atoms with Crippen molar-refractivity contribution in [2.24, 2.45) is 0 Å². The monoisotopic (exact) mass is 260 g/mol. The number of ether oxygens (including phenoxy) is 1. The van der Waals surface area contributed by atoms with Crippen LogP contribution in [0.1, 0.15) is 55.2 Å². The summed E-state index contributed by atoms with van der Waals surface area (Å²) in [5.74, 6) is 1.05. The van der Waals surface area contributed by atoms with Crippen LogP contribution in [0.4, 0.5) is 0 Å². The molecule has 0 radical (unpaired) electrons. The quantitative estimate of drug-likeness (QED) is 0.894. The summed E-state index contributed by atoms with van der Waals surface area (Å²) >= 11 is 0. The lowest BCUT2D eigenvalue weighted by Crippen LogP contribution is -2.17. The van der Waals surface area contributed by atoms with E-state index in [0.29, 0.717) is 6.10 Å². The molecule has 2 nitrogen and oxygen atoms in total. The first-order chi connectivity index (χ1) is 9.07. The molecule has 2 fully saturated rings. The Morgan fingerprint density at radius 1 is 1.21 bits per heavy atom. The van der Waals surface area contributed by atoms with Crippen molar-refractivity contribution < 1.29 is 9.84 Å². The average Bonchev–Trinajstić information content (AvgIpc) is 2.91. The molecule has 1 aromatic rings. The second kappa shape index (κ2) is 4.82. The Balaban J connectivity index is 1.86. The van der Waals surface area contributed by atoms with Crippen molar-refractivity contribution in [2.75, 3.05) is 0 Å². The van der Waals surface area contributed by atoms with E-state index in [0.717, 1.165) is 25.0 Å². The second-order valence-electron chi connectivity index (χ2n) is 6.42. The van der Waals surface area contributed by atoms with Crippen LogP contribution in [0, 0.1) is 13.8 Å². The highest BCUT2D eigenvalue weighted by atomic mass is 16.5. The van der Waals surface area contributed by atoms with E-state index in [9.17, 15) is 5.11 Å². The van der Waals surface area contributed by atoms with Gasteiger partial charge in [-0.3, -0.25) is 0 Å². The van der Waals surface area contributed by atoms with E-state index in [1.807, 2.05) is 0 Å². The average molecular weight is 260 g/mol. The van der Waals surface area contributed by atoms with Crippen molar-refractivity contribution in [2.45, 2.75) is 70.5 Å². The third-order valence-corrected chi connectivity index (χ3v) is 4.69.